The number of Topliss-reactive ketones (excluding diaryl/α,β-unsaturated/α-hetero) is 1. The van der Waals surface area contributed by atoms with Crippen LogP contribution in [0.1, 0.15) is 36.9 Å². The average molecular weight is 379 g/mol. The van der Waals surface area contributed by atoms with Crippen molar-refractivity contribution >= 4 is 21.8 Å². The first-order valence-electron chi connectivity index (χ1n) is 7.92. The lowest BCUT2D eigenvalue weighted by molar-refractivity contribution is -0.129. The molecule has 0 aliphatic carbocycles. The third-order valence-corrected chi connectivity index (χ3v) is 4.97. The summed E-state index contributed by atoms with van der Waals surface area (Å²) in [6.07, 6.45) is 1.44. The Kier molecular flexibility index (Phi) is 5.99. The molecule has 1 heterocycles. The molecule has 1 aromatic carbocycles. The molecule has 140 valence electrons. The van der Waals surface area contributed by atoms with Crippen molar-refractivity contribution in [1.82, 2.24) is 4.72 Å². The molecule has 0 fully saturated rings. The van der Waals surface area contributed by atoms with Crippen LogP contribution in [0.25, 0.3) is 0 Å². The van der Waals surface area contributed by atoms with Crippen molar-refractivity contribution < 1.29 is 27.2 Å². The van der Waals surface area contributed by atoms with Crippen LogP contribution in [0.15, 0.2) is 52.0 Å². The lowest BCUT2D eigenvalue weighted by Crippen LogP contribution is -2.26. The Morgan fingerprint density at radius 2 is 1.88 bits per heavy atom. The van der Waals surface area contributed by atoms with Gasteiger partial charge in [0.25, 0.3) is 0 Å². The van der Waals surface area contributed by atoms with Gasteiger partial charge in [0.15, 0.2) is 12.4 Å². The van der Waals surface area contributed by atoms with Gasteiger partial charge in [-0.2, -0.15) is 0 Å². The van der Waals surface area contributed by atoms with Crippen molar-refractivity contribution in [2.75, 3.05) is 6.61 Å². The number of hydrogen-bond acceptors (Lipinski definition) is 6. The molecule has 0 atom stereocenters. The van der Waals surface area contributed by atoms with Gasteiger partial charge in [-0.15, -0.1) is 0 Å². The minimum atomic E-state index is -3.83. The second-order valence-electron chi connectivity index (χ2n) is 6.68. The maximum Gasteiger partial charge on any atom is 0.338 e. The van der Waals surface area contributed by atoms with E-state index < -0.39 is 21.4 Å². The highest BCUT2D eigenvalue weighted by atomic mass is 32.2. The molecule has 2 rings (SSSR count). The summed E-state index contributed by atoms with van der Waals surface area (Å²) in [6.45, 7) is 4.79. The van der Waals surface area contributed by atoms with Crippen LogP contribution in [0.4, 0.5) is 0 Å². The molecule has 7 nitrogen and oxygen atoms in total. The zero-order chi connectivity index (χ0) is 19.4. The van der Waals surface area contributed by atoms with E-state index in [0.29, 0.717) is 5.76 Å². The van der Waals surface area contributed by atoms with Crippen LogP contribution < -0.4 is 4.72 Å². The SMILES string of the molecule is CC(C)(C)C(=O)COC(=O)c1cccc(S(=O)(=O)NCc2ccco2)c1. The number of carbonyl (C=O) groups excluding carboxylic acids is 2. The van der Waals surface area contributed by atoms with Crippen molar-refractivity contribution in [3.8, 4) is 0 Å². The monoisotopic (exact) mass is 379 g/mol. The van der Waals surface area contributed by atoms with E-state index in [2.05, 4.69) is 4.72 Å². The van der Waals surface area contributed by atoms with Crippen molar-refractivity contribution in [2.24, 2.45) is 5.41 Å². The van der Waals surface area contributed by atoms with Crippen LogP contribution in [0.3, 0.4) is 0 Å². The molecule has 1 N–H and O–H groups in total. The van der Waals surface area contributed by atoms with Crippen LogP contribution in [0.5, 0.6) is 0 Å². The molecular weight excluding hydrogens is 358 g/mol. The highest BCUT2D eigenvalue weighted by Gasteiger charge is 2.23. The molecule has 2 aromatic rings. The first-order valence-corrected chi connectivity index (χ1v) is 9.40. The standard InChI is InChI=1S/C18H21NO6S/c1-18(2,3)16(20)12-25-17(21)13-6-4-8-15(10-13)26(22,23)19-11-14-7-5-9-24-14/h4-10,19H,11-12H2,1-3H3. The summed E-state index contributed by atoms with van der Waals surface area (Å²) >= 11 is 0. The molecule has 26 heavy (non-hydrogen) atoms. The third-order valence-electron chi connectivity index (χ3n) is 3.57. The number of ether oxygens (including phenoxy) is 1. The van der Waals surface area contributed by atoms with E-state index in [-0.39, 0.29) is 29.4 Å². The van der Waals surface area contributed by atoms with Gasteiger partial charge in [0.05, 0.1) is 23.3 Å². The minimum Gasteiger partial charge on any atom is -0.468 e. The second-order valence-corrected chi connectivity index (χ2v) is 8.45. The Bertz CT molecular complexity index is 879. The van der Waals surface area contributed by atoms with E-state index in [1.807, 2.05) is 0 Å². The molecule has 0 aliphatic heterocycles. The van der Waals surface area contributed by atoms with Gasteiger partial charge in [-0.25, -0.2) is 17.9 Å². The topological polar surface area (TPSA) is 103 Å². The smallest absolute Gasteiger partial charge is 0.338 e. The lowest BCUT2D eigenvalue weighted by Gasteiger charge is -2.16. The lowest BCUT2D eigenvalue weighted by atomic mass is 9.91. The normalized spacial score (nSPS) is 12.0. The number of nitrogens with one attached hydrogen (secondary N) is 1. The average Bonchev–Trinajstić information content (AvgIpc) is 3.10. The summed E-state index contributed by atoms with van der Waals surface area (Å²) < 4.78 is 37.1. The van der Waals surface area contributed by atoms with Gasteiger partial charge >= 0.3 is 5.97 Å². The molecule has 0 saturated carbocycles. The number of hydrogen-bond donors (Lipinski definition) is 1. The van der Waals surface area contributed by atoms with E-state index in [1.54, 1.807) is 32.9 Å². The largest absolute Gasteiger partial charge is 0.468 e. The number of benzene rings is 1. The van der Waals surface area contributed by atoms with Crippen molar-refractivity contribution in [1.29, 1.82) is 0 Å². The van der Waals surface area contributed by atoms with Crippen molar-refractivity contribution in [2.45, 2.75) is 32.2 Å². The predicted octanol–water partition coefficient (Wildman–Crippen LogP) is 2.53. The van der Waals surface area contributed by atoms with Crippen molar-refractivity contribution in [3.63, 3.8) is 0 Å². The third kappa shape index (κ3) is 5.27. The van der Waals surface area contributed by atoms with Gasteiger partial charge in [-0.3, -0.25) is 4.79 Å². The molecule has 0 aliphatic rings. The number of esters is 1. The molecule has 0 unspecified atom stereocenters. The number of rotatable bonds is 7. The Morgan fingerprint density at radius 1 is 1.15 bits per heavy atom. The molecule has 0 saturated heterocycles. The maximum atomic E-state index is 12.3. The van der Waals surface area contributed by atoms with Gasteiger partial charge in [0.2, 0.25) is 10.0 Å². The fourth-order valence-electron chi connectivity index (χ4n) is 1.88. The highest BCUT2D eigenvalue weighted by molar-refractivity contribution is 7.89. The minimum absolute atomic E-state index is 0.00983. The Hall–Kier alpha value is -2.45. The van der Waals surface area contributed by atoms with E-state index in [0.717, 1.165) is 0 Å². The summed E-state index contributed by atoms with van der Waals surface area (Å²) in [4.78, 5) is 23.8. The molecular formula is C18H21NO6S. The highest BCUT2D eigenvalue weighted by Crippen LogP contribution is 2.16. The zero-order valence-electron chi connectivity index (χ0n) is 14.8. The Balaban J connectivity index is 2.06. The second kappa shape index (κ2) is 7.84. The molecule has 0 amide bonds. The maximum absolute atomic E-state index is 12.3. The predicted molar refractivity (Wildman–Crippen MR) is 93.9 cm³/mol. The zero-order valence-corrected chi connectivity index (χ0v) is 15.6. The summed E-state index contributed by atoms with van der Waals surface area (Å²) in [6, 6.07) is 8.72. The Morgan fingerprint density at radius 3 is 2.50 bits per heavy atom. The van der Waals surface area contributed by atoms with Crippen LogP contribution in [-0.2, 0) is 26.1 Å². The van der Waals surface area contributed by atoms with Gasteiger partial charge in [0.1, 0.15) is 5.76 Å². The molecule has 0 radical (unpaired) electrons. The molecule has 0 bridgehead atoms. The summed E-state index contributed by atoms with van der Waals surface area (Å²) in [5.74, 6) is -0.523. The number of sulfonamides is 1. The molecule has 8 heteroatoms. The Labute approximate surface area is 152 Å². The van der Waals surface area contributed by atoms with E-state index >= 15 is 0 Å². The summed E-state index contributed by atoms with van der Waals surface area (Å²) in [5.41, 5.74) is -0.575. The summed E-state index contributed by atoms with van der Waals surface area (Å²) in [7, 11) is -3.83. The van der Waals surface area contributed by atoms with Crippen molar-refractivity contribution in [3.05, 3.63) is 54.0 Å². The molecule has 0 spiro atoms. The van der Waals surface area contributed by atoms with Crippen LogP contribution >= 0.6 is 0 Å². The number of furan rings is 1. The van der Waals surface area contributed by atoms with Gasteiger partial charge in [0, 0.05) is 5.41 Å². The summed E-state index contributed by atoms with van der Waals surface area (Å²) in [5, 5.41) is 0. The fourth-order valence-corrected chi connectivity index (χ4v) is 2.92. The molecule has 1 aromatic heterocycles. The number of ketones is 1. The van der Waals surface area contributed by atoms with E-state index in [1.165, 1.54) is 30.5 Å². The van der Waals surface area contributed by atoms with E-state index in [4.69, 9.17) is 9.15 Å². The van der Waals surface area contributed by atoms with Crippen LogP contribution in [-0.4, -0.2) is 26.8 Å². The number of carbonyl (C=O) groups is 2. The van der Waals surface area contributed by atoms with Gasteiger partial charge in [-0.1, -0.05) is 26.8 Å². The van der Waals surface area contributed by atoms with Gasteiger partial charge < -0.3 is 9.15 Å². The van der Waals surface area contributed by atoms with E-state index in [9.17, 15) is 18.0 Å². The van der Waals surface area contributed by atoms with Gasteiger partial charge in [-0.05, 0) is 30.3 Å². The fraction of sp³-hybridized carbons (Fsp3) is 0.333. The first-order chi connectivity index (χ1) is 12.1. The first kappa shape index (κ1) is 19.9. The quantitative estimate of drug-likeness (QED) is 0.742. The van der Waals surface area contributed by atoms with Crippen LogP contribution in [0, 0.1) is 5.41 Å². The van der Waals surface area contributed by atoms with Crippen LogP contribution in [0.2, 0.25) is 0 Å².